The van der Waals surface area contributed by atoms with Crippen molar-refractivity contribution < 1.29 is 5.11 Å². The minimum absolute atomic E-state index is 0.102. The summed E-state index contributed by atoms with van der Waals surface area (Å²) in [7, 11) is 0. The summed E-state index contributed by atoms with van der Waals surface area (Å²) >= 11 is 0. The molecule has 0 aromatic heterocycles. The summed E-state index contributed by atoms with van der Waals surface area (Å²) in [6, 6.07) is 8.57. The average molecular weight is 214 g/mol. The summed E-state index contributed by atoms with van der Waals surface area (Å²) in [5.74, 6) is 0.889. The second kappa shape index (κ2) is 4.06. The predicted molar refractivity (Wildman–Crippen MR) is 66.2 cm³/mol. The lowest BCUT2D eigenvalue weighted by Gasteiger charge is -2.32. The maximum absolute atomic E-state index is 10.1. The Kier molecular flexibility index (Phi) is 2.56. The minimum atomic E-state index is -0.102. The predicted octanol–water partition coefficient (Wildman–Crippen LogP) is 3.35. The van der Waals surface area contributed by atoms with Crippen LogP contribution in [0, 0.1) is 5.92 Å². The van der Waals surface area contributed by atoms with E-state index in [0.29, 0.717) is 11.8 Å². The number of fused-ring (bicyclic) bond motifs is 1. The fourth-order valence-electron chi connectivity index (χ4n) is 3.21. The molecule has 16 heavy (non-hydrogen) atoms. The van der Waals surface area contributed by atoms with Gasteiger partial charge in [-0.3, -0.25) is 0 Å². The molecule has 0 radical (unpaired) electrons. The molecule has 1 aromatic rings. The van der Waals surface area contributed by atoms with Gasteiger partial charge in [0.05, 0.1) is 6.10 Å². The van der Waals surface area contributed by atoms with Crippen LogP contribution in [-0.4, -0.2) is 11.2 Å². The highest BCUT2D eigenvalue weighted by Gasteiger charge is 2.32. The van der Waals surface area contributed by atoms with Crippen molar-refractivity contribution in [2.45, 2.75) is 37.7 Å². The SMILES string of the molecule is OC1CCCCC1C1C=Cc2ccccc21. The zero-order chi connectivity index (χ0) is 11.0. The van der Waals surface area contributed by atoms with Crippen molar-refractivity contribution in [2.75, 3.05) is 0 Å². The molecule has 0 aliphatic heterocycles. The van der Waals surface area contributed by atoms with E-state index in [2.05, 4.69) is 36.4 Å². The van der Waals surface area contributed by atoms with Gasteiger partial charge in [-0.1, -0.05) is 49.3 Å². The molecule has 2 aliphatic carbocycles. The van der Waals surface area contributed by atoms with E-state index in [1.54, 1.807) is 0 Å². The summed E-state index contributed by atoms with van der Waals surface area (Å²) in [6.07, 6.45) is 9.01. The minimum Gasteiger partial charge on any atom is -0.393 e. The standard InChI is InChI=1S/C15H18O/c16-15-8-4-3-7-14(15)13-10-9-11-5-1-2-6-12(11)13/h1-2,5-6,9-10,13-16H,3-4,7-8H2. The van der Waals surface area contributed by atoms with Crippen LogP contribution in [0.1, 0.15) is 42.7 Å². The topological polar surface area (TPSA) is 20.2 Å². The van der Waals surface area contributed by atoms with E-state index >= 15 is 0 Å². The molecule has 0 bridgehead atoms. The summed E-state index contributed by atoms with van der Waals surface area (Å²) in [5, 5.41) is 10.1. The van der Waals surface area contributed by atoms with E-state index in [9.17, 15) is 5.11 Å². The average Bonchev–Trinajstić information content (AvgIpc) is 2.74. The molecule has 1 fully saturated rings. The highest BCUT2D eigenvalue weighted by atomic mass is 16.3. The Bertz CT molecular complexity index is 408. The van der Waals surface area contributed by atoms with Crippen LogP contribution in [0.15, 0.2) is 30.3 Å². The van der Waals surface area contributed by atoms with E-state index in [4.69, 9.17) is 0 Å². The molecule has 1 N–H and O–H groups in total. The molecule has 0 spiro atoms. The van der Waals surface area contributed by atoms with E-state index in [0.717, 1.165) is 6.42 Å². The summed E-state index contributed by atoms with van der Waals surface area (Å²) in [5.41, 5.74) is 2.75. The quantitative estimate of drug-likeness (QED) is 0.760. The fourth-order valence-corrected chi connectivity index (χ4v) is 3.21. The lowest BCUT2D eigenvalue weighted by Crippen LogP contribution is -2.28. The highest BCUT2D eigenvalue weighted by Crippen LogP contribution is 2.41. The van der Waals surface area contributed by atoms with E-state index in [-0.39, 0.29) is 6.10 Å². The number of aliphatic hydroxyl groups excluding tert-OH is 1. The third-order valence-corrected chi connectivity index (χ3v) is 4.08. The molecule has 1 saturated carbocycles. The third-order valence-electron chi connectivity index (χ3n) is 4.08. The molecule has 0 saturated heterocycles. The smallest absolute Gasteiger partial charge is 0.0577 e. The second-order valence-electron chi connectivity index (χ2n) is 5.03. The van der Waals surface area contributed by atoms with Gasteiger partial charge in [0.25, 0.3) is 0 Å². The van der Waals surface area contributed by atoms with Crippen molar-refractivity contribution in [2.24, 2.45) is 5.92 Å². The molecule has 1 nitrogen and oxygen atoms in total. The fraction of sp³-hybridized carbons (Fsp3) is 0.467. The first kappa shape index (κ1) is 10.1. The largest absolute Gasteiger partial charge is 0.393 e. The highest BCUT2D eigenvalue weighted by molar-refractivity contribution is 5.62. The van der Waals surface area contributed by atoms with Crippen molar-refractivity contribution in [1.29, 1.82) is 0 Å². The van der Waals surface area contributed by atoms with Crippen LogP contribution in [0.2, 0.25) is 0 Å². The van der Waals surface area contributed by atoms with Crippen LogP contribution in [-0.2, 0) is 0 Å². The normalized spacial score (nSPS) is 32.7. The number of hydrogen-bond donors (Lipinski definition) is 1. The maximum atomic E-state index is 10.1. The van der Waals surface area contributed by atoms with Crippen molar-refractivity contribution >= 4 is 6.08 Å². The van der Waals surface area contributed by atoms with Crippen molar-refractivity contribution in [1.82, 2.24) is 0 Å². The van der Waals surface area contributed by atoms with Crippen LogP contribution in [0.3, 0.4) is 0 Å². The Balaban J connectivity index is 1.89. The van der Waals surface area contributed by atoms with Gasteiger partial charge in [0.2, 0.25) is 0 Å². The lowest BCUT2D eigenvalue weighted by molar-refractivity contribution is 0.0629. The molecule has 3 unspecified atom stereocenters. The van der Waals surface area contributed by atoms with Crippen molar-refractivity contribution in [3.8, 4) is 0 Å². The monoisotopic (exact) mass is 214 g/mol. The van der Waals surface area contributed by atoms with Gasteiger partial charge < -0.3 is 5.11 Å². The first-order valence-electron chi connectivity index (χ1n) is 6.31. The van der Waals surface area contributed by atoms with Gasteiger partial charge in [-0.25, -0.2) is 0 Å². The number of hydrogen-bond acceptors (Lipinski definition) is 1. The van der Waals surface area contributed by atoms with Crippen molar-refractivity contribution in [3.63, 3.8) is 0 Å². The van der Waals surface area contributed by atoms with Gasteiger partial charge in [-0.2, -0.15) is 0 Å². The molecule has 0 heterocycles. The Labute approximate surface area is 96.8 Å². The molecule has 2 aliphatic rings. The lowest BCUT2D eigenvalue weighted by atomic mass is 9.76. The summed E-state index contributed by atoms with van der Waals surface area (Å²) in [4.78, 5) is 0. The van der Waals surface area contributed by atoms with Crippen molar-refractivity contribution in [3.05, 3.63) is 41.5 Å². The van der Waals surface area contributed by atoms with Crippen LogP contribution in [0.5, 0.6) is 0 Å². The molecular formula is C15H18O. The van der Waals surface area contributed by atoms with Crippen LogP contribution in [0.4, 0.5) is 0 Å². The van der Waals surface area contributed by atoms with Gasteiger partial charge >= 0.3 is 0 Å². The molecule has 84 valence electrons. The number of rotatable bonds is 1. The van der Waals surface area contributed by atoms with Crippen LogP contribution >= 0.6 is 0 Å². The first-order valence-corrected chi connectivity index (χ1v) is 6.31. The first-order chi connectivity index (χ1) is 7.86. The van der Waals surface area contributed by atoms with Gasteiger partial charge in [0, 0.05) is 5.92 Å². The van der Waals surface area contributed by atoms with Crippen LogP contribution in [0.25, 0.3) is 6.08 Å². The Morgan fingerprint density at radius 1 is 1.06 bits per heavy atom. The van der Waals surface area contributed by atoms with E-state index in [1.807, 2.05) is 0 Å². The van der Waals surface area contributed by atoms with Crippen LogP contribution < -0.4 is 0 Å². The number of aliphatic hydroxyl groups is 1. The van der Waals surface area contributed by atoms with E-state index in [1.165, 1.54) is 30.4 Å². The molecule has 1 aromatic carbocycles. The number of benzene rings is 1. The molecule has 3 atom stereocenters. The third kappa shape index (κ3) is 1.60. The number of allylic oxidation sites excluding steroid dienone is 1. The molecule has 3 rings (SSSR count). The zero-order valence-corrected chi connectivity index (χ0v) is 9.47. The Morgan fingerprint density at radius 2 is 1.88 bits per heavy atom. The molecule has 0 amide bonds. The second-order valence-corrected chi connectivity index (χ2v) is 5.03. The van der Waals surface area contributed by atoms with Gasteiger partial charge in [0.1, 0.15) is 0 Å². The van der Waals surface area contributed by atoms with E-state index < -0.39 is 0 Å². The Morgan fingerprint density at radius 3 is 2.75 bits per heavy atom. The van der Waals surface area contributed by atoms with Gasteiger partial charge in [-0.05, 0) is 29.9 Å². The molecule has 1 heteroatoms. The summed E-state index contributed by atoms with van der Waals surface area (Å²) < 4.78 is 0. The van der Waals surface area contributed by atoms with Gasteiger partial charge in [0.15, 0.2) is 0 Å². The zero-order valence-electron chi connectivity index (χ0n) is 9.47. The maximum Gasteiger partial charge on any atom is 0.0577 e. The van der Waals surface area contributed by atoms with Gasteiger partial charge in [-0.15, -0.1) is 0 Å². The summed E-state index contributed by atoms with van der Waals surface area (Å²) in [6.45, 7) is 0. The Hall–Kier alpha value is -1.08. The molecular weight excluding hydrogens is 196 g/mol.